The number of nitrogens with zero attached hydrogens (tertiary/aromatic N) is 1. The highest BCUT2D eigenvalue weighted by molar-refractivity contribution is 6.06. The standard InChI is InChI=1S/C17H18N2O7/c1-17(2)15(22)19(16(23)18-17)6-5-14(21)24-8-11(20)10-3-4-12-13(7-10)26-9-25-12/h3-4,7H,5-6,8-9H2,1-2H3,(H,18,23). The number of esters is 1. The lowest BCUT2D eigenvalue weighted by molar-refractivity contribution is -0.143. The largest absolute Gasteiger partial charge is 0.457 e. The maximum absolute atomic E-state index is 12.1. The van der Waals surface area contributed by atoms with Crippen molar-refractivity contribution in [3.05, 3.63) is 23.8 Å². The van der Waals surface area contributed by atoms with E-state index >= 15 is 0 Å². The molecule has 2 heterocycles. The Morgan fingerprint density at radius 2 is 1.96 bits per heavy atom. The molecule has 0 unspecified atom stereocenters. The van der Waals surface area contributed by atoms with E-state index in [1.807, 2.05) is 0 Å². The SMILES string of the molecule is CC1(C)NC(=O)N(CCC(=O)OCC(=O)c2ccc3c(c2)OCO3)C1=O. The molecule has 0 bridgehead atoms. The van der Waals surface area contributed by atoms with Crippen LogP contribution in [0.25, 0.3) is 0 Å². The fraction of sp³-hybridized carbons (Fsp3) is 0.412. The van der Waals surface area contributed by atoms with Crippen molar-refractivity contribution in [2.24, 2.45) is 0 Å². The second-order valence-electron chi connectivity index (χ2n) is 6.41. The third kappa shape index (κ3) is 3.46. The molecule has 26 heavy (non-hydrogen) atoms. The quantitative estimate of drug-likeness (QED) is 0.454. The number of Topliss-reactive ketones (excluding diaryl/α,β-unsaturated/α-hetero) is 1. The van der Waals surface area contributed by atoms with Gasteiger partial charge in [-0.05, 0) is 32.0 Å². The van der Waals surface area contributed by atoms with E-state index in [2.05, 4.69) is 5.32 Å². The molecule has 1 saturated heterocycles. The topological polar surface area (TPSA) is 111 Å². The fourth-order valence-corrected chi connectivity index (χ4v) is 2.60. The minimum atomic E-state index is -0.990. The zero-order chi connectivity index (χ0) is 18.9. The molecule has 1 fully saturated rings. The number of hydrogen-bond donors (Lipinski definition) is 1. The summed E-state index contributed by atoms with van der Waals surface area (Å²) >= 11 is 0. The van der Waals surface area contributed by atoms with Crippen LogP contribution in [0.5, 0.6) is 11.5 Å². The molecule has 1 aromatic carbocycles. The Balaban J connectivity index is 1.48. The molecule has 2 aliphatic heterocycles. The lowest BCUT2D eigenvalue weighted by atomic mass is 10.1. The number of imide groups is 1. The Morgan fingerprint density at radius 3 is 2.65 bits per heavy atom. The number of ketones is 1. The first kappa shape index (κ1) is 17.7. The predicted octanol–water partition coefficient (Wildman–Crippen LogP) is 0.862. The molecule has 2 aliphatic rings. The van der Waals surface area contributed by atoms with E-state index in [1.165, 1.54) is 6.07 Å². The summed E-state index contributed by atoms with van der Waals surface area (Å²) in [6.45, 7) is 2.71. The van der Waals surface area contributed by atoms with Crippen LogP contribution in [-0.4, -0.2) is 54.1 Å². The molecule has 3 rings (SSSR count). The number of carbonyl (C=O) groups excluding carboxylic acids is 4. The molecule has 1 N–H and O–H groups in total. The van der Waals surface area contributed by atoms with Crippen LogP contribution in [0.4, 0.5) is 4.79 Å². The second-order valence-corrected chi connectivity index (χ2v) is 6.41. The van der Waals surface area contributed by atoms with E-state index in [4.69, 9.17) is 14.2 Å². The number of fused-ring (bicyclic) bond motifs is 1. The Labute approximate surface area is 149 Å². The summed E-state index contributed by atoms with van der Waals surface area (Å²) in [6, 6.07) is 4.13. The van der Waals surface area contributed by atoms with Crippen LogP contribution in [0.15, 0.2) is 18.2 Å². The molecule has 9 heteroatoms. The van der Waals surface area contributed by atoms with Gasteiger partial charge >= 0.3 is 12.0 Å². The number of carbonyl (C=O) groups is 4. The lowest BCUT2D eigenvalue weighted by Crippen LogP contribution is -2.40. The predicted molar refractivity (Wildman–Crippen MR) is 86.8 cm³/mol. The van der Waals surface area contributed by atoms with Crippen molar-refractivity contribution >= 4 is 23.7 Å². The van der Waals surface area contributed by atoms with Gasteiger partial charge in [-0.25, -0.2) is 4.79 Å². The van der Waals surface area contributed by atoms with Gasteiger partial charge in [-0.3, -0.25) is 19.3 Å². The van der Waals surface area contributed by atoms with E-state index in [9.17, 15) is 19.2 Å². The van der Waals surface area contributed by atoms with Crippen molar-refractivity contribution in [3.63, 3.8) is 0 Å². The Morgan fingerprint density at radius 1 is 1.23 bits per heavy atom. The molecule has 1 aromatic rings. The molecule has 0 spiro atoms. The lowest BCUT2D eigenvalue weighted by Gasteiger charge is -2.15. The summed E-state index contributed by atoms with van der Waals surface area (Å²) in [5, 5.41) is 2.52. The molecule has 0 aliphatic carbocycles. The van der Waals surface area contributed by atoms with Crippen molar-refractivity contribution in [2.75, 3.05) is 19.9 Å². The van der Waals surface area contributed by atoms with Gasteiger partial charge in [0.2, 0.25) is 6.79 Å². The molecule has 0 saturated carbocycles. The maximum atomic E-state index is 12.1. The van der Waals surface area contributed by atoms with Crippen molar-refractivity contribution in [2.45, 2.75) is 25.8 Å². The first-order chi connectivity index (χ1) is 12.3. The van der Waals surface area contributed by atoms with Crippen molar-refractivity contribution in [1.29, 1.82) is 0 Å². The smallest absolute Gasteiger partial charge is 0.325 e. The normalized spacial score (nSPS) is 17.2. The number of ether oxygens (including phenoxy) is 3. The number of benzene rings is 1. The monoisotopic (exact) mass is 362 g/mol. The van der Waals surface area contributed by atoms with Gasteiger partial charge in [0.25, 0.3) is 5.91 Å². The molecule has 138 valence electrons. The van der Waals surface area contributed by atoms with E-state index in [1.54, 1.807) is 26.0 Å². The van der Waals surface area contributed by atoms with Crippen LogP contribution in [-0.2, 0) is 14.3 Å². The van der Waals surface area contributed by atoms with Gasteiger partial charge in [0.15, 0.2) is 23.9 Å². The summed E-state index contributed by atoms with van der Waals surface area (Å²) in [5.41, 5.74) is -0.658. The highest BCUT2D eigenvalue weighted by atomic mass is 16.7. The van der Waals surface area contributed by atoms with Gasteiger partial charge in [-0.15, -0.1) is 0 Å². The van der Waals surface area contributed by atoms with E-state index in [-0.39, 0.29) is 19.8 Å². The molecule has 0 atom stereocenters. The summed E-state index contributed by atoms with van der Waals surface area (Å²) in [4.78, 5) is 48.6. The molecule has 9 nitrogen and oxygen atoms in total. The van der Waals surface area contributed by atoms with Gasteiger partial charge in [0.05, 0.1) is 6.42 Å². The Hall–Kier alpha value is -3.10. The maximum Gasteiger partial charge on any atom is 0.325 e. The number of hydrogen-bond acceptors (Lipinski definition) is 7. The number of amides is 3. The van der Waals surface area contributed by atoms with Crippen molar-refractivity contribution in [3.8, 4) is 11.5 Å². The van der Waals surface area contributed by atoms with Crippen LogP contribution in [0, 0.1) is 0 Å². The molecule has 0 radical (unpaired) electrons. The van der Waals surface area contributed by atoms with Crippen LogP contribution >= 0.6 is 0 Å². The first-order valence-corrected chi connectivity index (χ1v) is 8.00. The zero-order valence-corrected chi connectivity index (χ0v) is 14.4. The van der Waals surface area contributed by atoms with Gasteiger partial charge in [0, 0.05) is 12.1 Å². The van der Waals surface area contributed by atoms with Gasteiger partial charge in [-0.1, -0.05) is 0 Å². The Bertz CT molecular complexity index is 787. The molecule has 0 aromatic heterocycles. The fourth-order valence-electron chi connectivity index (χ4n) is 2.60. The zero-order valence-electron chi connectivity index (χ0n) is 14.4. The van der Waals surface area contributed by atoms with Crippen LogP contribution < -0.4 is 14.8 Å². The average Bonchev–Trinajstić information content (AvgIpc) is 3.13. The summed E-state index contributed by atoms with van der Waals surface area (Å²) in [6.07, 6.45) is -0.191. The second kappa shape index (κ2) is 6.66. The van der Waals surface area contributed by atoms with Gasteiger partial charge in [-0.2, -0.15) is 0 Å². The third-order valence-electron chi connectivity index (χ3n) is 4.04. The molecular weight excluding hydrogens is 344 g/mol. The number of rotatable bonds is 6. The summed E-state index contributed by atoms with van der Waals surface area (Å²) < 4.78 is 15.3. The number of urea groups is 1. The van der Waals surface area contributed by atoms with Crippen LogP contribution in [0.1, 0.15) is 30.6 Å². The first-order valence-electron chi connectivity index (χ1n) is 8.00. The Kier molecular flexibility index (Phi) is 4.54. The highest BCUT2D eigenvalue weighted by Gasteiger charge is 2.44. The van der Waals surface area contributed by atoms with Crippen LogP contribution in [0.3, 0.4) is 0 Å². The molecule has 3 amide bonds. The highest BCUT2D eigenvalue weighted by Crippen LogP contribution is 2.32. The van der Waals surface area contributed by atoms with Crippen LogP contribution in [0.2, 0.25) is 0 Å². The number of nitrogens with one attached hydrogen (secondary N) is 1. The average molecular weight is 362 g/mol. The van der Waals surface area contributed by atoms with Crippen molar-refractivity contribution in [1.82, 2.24) is 10.2 Å². The van der Waals surface area contributed by atoms with Gasteiger partial charge < -0.3 is 19.5 Å². The van der Waals surface area contributed by atoms with Crippen molar-refractivity contribution < 1.29 is 33.4 Å². The third-order valence-corrected chi connectivity index (χ3v) is 4.04. The van der Waals surface area contributed by atoms with E-state index < -0.39 is 35.8 Å². The molecular formula is C17H18N2O7. The van der Waals surface area contributed by atoms with E-state index in [0.29, 0.717) is 17.1 Å². The van der Waals surface area contributed by atoms with E-state index in [0.717, 1.165) is 4.90 Å². The summed E-state index contributed by atoms with van der Waals surface area (Å²) in [5.74, 6) is -0.470. The minimum absolute atomic E-state index is 0.0988. The minimum Gasteiger partial charge on any atom is -0.457 e. The van der Waals surface area contributed by atoms with Gasteiger partial charge in [0.1, 0.15) is 5.54 Å². The summed E-state index contributed by atoms with van der Waals surface area (Å²) in [7, 11) is 0.